The molecule has 1 aliphatic rings. The molecule has 0 atom stereocenters. The summed E-state index contributed by atoms with van der Waals surface area (Å²) in [6.45, 7) is 1.23. The van der Waals surface area contributed by atoms with Crippen LogP contribution in [0.3, 0.4) is 0 Å². The van der Waals surface area contributed by atoms with Crippen LogP contribution in [-0.4, -0.2) is 12.5 Å². The summed E-state index contributed by atoms with van der Waals surface area (Å²) in [5.74, 6) is -0.343. The van der Waals surface area contributed by atoms with Gasteiger partial charge in [0.1, 0.15) is 11.6 Å². The molecule has 2 aromatic carbocycles. The van der Waals surface area contributed by atoms with Crippen LogP contribution in [0.4, 0.5) is 5.69 Å². The maximum atomic E-state index is 12.3. The van der Waals surface area contributed by atoms with Crippen molar-refractivity contribution in [1.82, 2.24) is 5.32 Å². The van der Waals surface area contributed by atoms with Gasteiger partial charge in [0.15, 0.2) is 0 Å². The third kappa shape index (κ3) is 3.64. The highest BCUT2D eigenvalue weighted by atomic mass is 16.1. The second-order valence-corrected chi connectivity index (χ2v) is 5.75. The van der Waals surface area contributed by atoms with Crippen LogP contribution in [0.1, 0.15) is 17.5 Å². The third-order valence-corrected chi connectivity index (χ3v) is 4.09. The second-order valence-electron chi connectivity index (χ2n) is 5.75. The largest absolute Gasteiger partial charge is 0.347 e. The average molecular weight is 317 g/mol. The highest BCUT2D eigenvalue weighted by Gasteiger charge is 2.17. The third-order valence-electron chi connectivity index (χ3n) is 4.09. The maximum Gasteiger partial charge on any atom is 0.263 e. The van der Waals surface area contributed by atoms with Gasteiger partial charge < -0.3 is 10.2 Å². The zero-order chi connectivity index (χ0) is 16.8. The summed E-state index contributed by atoms with van der Waals surface area (Å²) in [6, 6.07) is 19.8. The minimum atomic E-state index is -0.343. The Balaban J connectivity index is 1.73. The molecule has 24 heavy (non-hydrogen) atoms. The van der Waals surface area contributed by atoms with Gasteiger partial charge in [-0.1, -0.05) is 48.5 Å². The van der Waals surface area contributed by atoms with E-state index in [4.69, 9.17) is 0 Å². The van der Waals surface area contributed by atoms with Crippen molar-refractivity contribution >= 4 is 11.6 Å². The van der Waals surface area contributed by atoms with Crippen molar-refractivity contribution in [3.05, 3.63) is 77.5 Å². The van der Waals surface area contributed by atoms with Gasteiger partial charge in [-0.3, -0.25) is 4.79 Å². The van der Waals surface area contributed by atoms with Crippen LogP contribution in [0.2, 0.25) is 0 Å². The van der Waals surface area contributed by atoms with E-state index in [0.717, 1.165) is 30.6 Å². The first kappa shape index (κ1) is 15.8. The first-order valence-electron chi connectivity index (χ1n) is 8.06. The number of aryl methyl sites for hydroxylation is 1. The van der Waals surface area contributed by atoms with Crippen LogP contribution in [-0.2, 0) is 17.8 Å². The molecule has 0 aliphatic carbocycles. The Hall–Kier alpha value is -3.06. The summed E-state index contributed by atoms with van der Waals surface area (Å²) in [5, 5.41) is 12.2. The highest BCUT2D eigenvalue weighted by molar-refractivity contribution is 5.97. The number of fused-ring (bicyclic) bond motifs is 1. The molecule has 3 rings (SSSR count). The Morgan fingerprint density at radius 2 is 1.92 bits per heavy atom. The van der Waals surface area contributed by atoms with Gasteiger partial charge in [-0.05, 0) is 30.0 Å². The van der Waals surface area contributed by atoms with Gasteiger partial charge in [0.25, 0.3) is 5.91 Å². The van der Waals surface area contributed by atoms with Crippen LogP contribution in [0.5, 0.6) is 0 Å². The van der Waals surface area contributed by atoms with E-state index >= 15 is 0 Å². The lowest BCUT2D eigenvalue weighted by Gasteiger charge is -2.28. The number of rotatable bonds is 4. The summed E-state index contributed by atoms with van der Waals surface area (Å²) < 4.78 is 0. The topological polar surface area (TPSA) is 56.1 Å². The Morgan fingerprint density at radius 3 is 2.71 bits per heavy atom. The summed E-state index contributed by atoms with van der Waals surface area (Å²) in [7, 11) is 0. The van der Waals surface area contributed by atoms with Gasteiger partial charge in [0, 0.05) is 25.0 Å². The van der Waals surface area contributed by atoms with E-state index in [9.17, 15) is 10.1 Å². The molecular weight excluding hydrogens is 298 g/mol. The molecule has 1 amide bonds. The monoisotopic (exact) mass is 317 g/mol. The summed E-state index contributed by atoms with van der Waals surface area (Å²) in [5.41, 5.74) is 3.46. The van der Waals surface area contributed by atoms with Crippen LogP contribution in [0.25, 0.3) is 0 Å². The van der Waals surface area contributed by atoms with E-state index in [1.807, 2.05) is 59.5 Å². The quantitative estimate of drug-likeness (QED) is 0.696. The van der Waals surface area contributed by atoms with Crippen molar-refractivity contribution in [2.75, 3.05) is 11.4 Å². The van der Waals surface area contributed by atoms with Crippen LogP contribution >= 0.6 is 0 Å². The maximum absolute atomic E-state index is 12.3. The van der Waals surface area contributed by atoms with Crippen LogP contribution in [0.15, 0.2) is 66.4 Å². The van der Waals surface area contributed by atoms with E-state index in [2.05, 4.69) is 11.4 Å². The summed E-state index contributed by atoms with van der Waals surface area (Å²) >= 11 is 0. The molecule has 0 saturated carbocycles. The number of hydrogen-bond acceptors (Lipinski definition) is 3. The lowest BCUT2D eigenvalue weighted by Crippen LogP contribution is -2.28. The fraction of sp³-hybridized carbons (Fsp3) is 0.200. The molecule has 0 unspecified atom stereocenters. The highest BCUT2D eigenvalue weighted by Crippen LogP contribution is 2.27. The van der Waals surface area contributed by atoms with Crippen molar-refractivity contribution in [2.24, 2.45) is 0 Å². The Kier molecular flexibility index (Phi) is 4.93. The molecule has 1 aliphatic heterocycles. The molecule has 120 valence electrons. The number of benzene rings is 2. The Morgan fingerprint density at radius 1 is 1.17 bits per heavy atom. The number of carbonyl (C=O) groups excluding carboxylic acids is 1. The van der Waals surface area contributed by atoms with E-state index in [1.54, 1.807) is 6.20 Å². The van der Waals surface area contributed by atoms with Gasteiger partial charge in [-0.15, -0.1) is 0 Å². The molecule has 0 saturated heterocycles. The number of nitriles is 1. The molecule has 0 radical (unpaired) electrons. The number of amides is 1. The molecule has 0 fully saturated rings. The van der Waals surface area contributed by atoms with Crippen LogP contribution in [0, 0.1) is 11.3 Å². The molecule has 4 nitrogen and oxygen atoms in total. The first-order chi connectivity index (χ1) is 11.8. The minimum absolute atomic E-state index is 0.127. The SMILES string of the molecule is N#C/C(=C/N1CCCc2ccccc21)C(=O)NCc1ccccc1. The predicted octanol–water partition coefficient (Wildman–Crippen LogP) is 3.16. The van der Waals surface area contributed by atoms with Crippen molar-refractivity contribution in [1.29, 1.82) is 5.26 Å². The smallest absolute Gasteiger partial charge is 0.263 e. The molecule has 0 aromatic heterocycles. The molecule has 0 spiro atoms. The normalized spacial score (nSPS) is 13.8. The number of hydrogen-bond donors (Lipinski definition) is 1. The minimum Gasteiger partial charge on any atom is -0.347 e. The van der Waals surface area contributed by atoms with Gasteiger partial charge >= 0.3 is 0 Å². The van der Waals surface area contributed by atoms with E-state index in [1.165, 1.54) is 5.56 Å². The number of nitrogens with one attached hydrogen (secondary N) is 1. The molecule has 1 heterocycles. The van der Waals surface area contributed by atoms with Crippen LogP contribution < -0.4 is 10.2 Å². The fourth-order valence-electron chi connectivity index (χ4n) is 2.86. The molecule has 4 heteroatoms. The molecule has 1 N–H and O–H groups in total. The summed E-state index contributed by atoms with van der Waals surface area (Å²) in [4.78, 5) is 14.3. The lowest BCUT2D eigenvalue weighted by molar-refractivity contribution is -0.117. The van der Waals surface area contributed by atoms with Gasteiger partial charge in [0.05, 0.1) is 0 Å². The number of anilines is 1. The average Bonchev–Trinajstić information content (AvgIpc) is 2.65. The standard InChI is InChI=1S/C20H19N3O/c21-13-18(20(24)22-14-16-7-2-1-3-8-16)15-23-12-6-10-17-9-4-5-11-19(17)23/h1-5,7-9,11,15H,6,10,12,14H2,(H,22,24)/b18-15-. The van der Waals surface area contributed by atoms with E-state index < -0.39 is 0 Å². The Labute approximate surface area is 142 Å². The van der Waals surface area contributed by atoms with E-state index in [0.29, 0.717) is 6.54 Å². The van der Waals surface area contributed by atoms with Crippen molar-refractivity contribution in [3.8, 4) is 6.07 Å². The summed E-state index contributed by atoms with van der Waals surface area (Å²) in [6.07, 6.45) is 3.71. The zero-order valence-corrected chi connectivity index (χ0v) is 13.4. The van der Waals surface area contributed by atoms with Crippen molar-refractivity contribution < 1.29 is 4.79 Å². The molecule has 2 aromatic rings. The number of para-hydroxylation sites is 1. The first-order valence-corrected chi connectivity index (χ1v) is 8.06. The fourth-order valence-corrected chi connectivity index (χ4v) is 2.86. The molecular formula is C20H19N3O. The zero-order valence-electron chi connectivity index (χ0n) is 13.4. The van der Waals surface area contributed by atoms with Crippen molar-refractivity contribution in [2.45, 2.75) is 19.4 Å². The van der Waals surface area contributed by atoms with Gasteiger partial charge in [0.2, 0.25) is 0 Å². The molecule has 0 bridgehead atoms. The van der Waals surface area contributed by atoms with Gasteiger partial charge in [-0.2, -0.15) is 5.26 Å². The second kappa shape index (κ2) is 7.47. The number of carbonyl (C=O) groups is 1. The van der Waals surface area contributed by atoms with Crippen molar-refractivity contribution in [3.63, 3.8) is 0 Å². The van der Waals surface area contributed by atoms with E-state index in [-0.39, 0.29) is 11.5 Å². The number of nitrogens with zero attached hydrogens (tertiary/aromatic N) is 2. The Bertz CT molecular complexity index is 790. The lowest BCUT2D eigenvalue weighted by atomic mass is 10.0. The van der Waals surface area contributed by atoms with Gasteiger partial charge in [-0.25, -0.2) is 0 Å². The predicted molar refractivity (Wildman–Crippen MR) is 94.1 cm³/mol.